The Morgan fingerprint density at radius 3 is 2.81 bits per heavy atom. The molecule has 0 unspecified atom stereocenters. The summed E-state index contributed by atoms with van der Waals surface area (Å²) in [4.78, 5) is 11.9. The third-order valence-electron chi connectivity index (χ3n) is 8.86. The van der Waals surface area contributed by atoms with Crippen molar-refractivity contribution in [3.05, 3.63) is 36.0 Å². The normalized spacial score (nSPS) is 48.0. The van der Waals surface area contributed by atoms with E-state index in [9.17, 15) is 4.79 Å². The summed E-state index contributed by atoms with van der Waals surface area (Å²) < 4.78 is 6.56. The van der Waals surface area contributed by atoms with Crippen LogP contribution in [-0.2, 0) is 9.53 Å². The van der Waals surface area contributed by atoms with Crippen molar-refractivity contribution in [3.63, 3.8) is 0 Å². The standard InChI is InChI=1S/C24H32O2/c1-15-14-23(3)21(10-11-24(23)16(2)5-4-12-26-24)20-8-6-17-13-18(25)7-9-19(17)22(15)20/h13,19-22H,1-2,4-12,14H2,3H3/t19-,20-,21-,22+,23-,24-/m0/s1. The minimum absolute atomic E-state index is 0.109. The van der Waals surface area contributed by atoms with E-state index in [2.05, 4.69) is 20.1 Å². The predicted molar refractivity (Wildman–Crippen MR) is 104 cm³/mol. The summed E-state index contributed by atoms with van der Waals surface area (Å²) in [6.07, 6.45) is 11.8. The van der Waals surface area contributed by atoms with Crippen LogP contribution in [0.1, 0.15) is 64.7 Å². The van der Waals surface area contributed by atoms with Crippen molar-refractivity contribution < 1.29 is 9.53 Å². The molecule has 1 saturated heterocycles. The van der Waals surface area contributed by atoms with Gasteiger partial charge in [0.25, 0.3) is 0 Å². The van der Waals surface area contributed by atoms with Crippen LogP contribution in [0.3, 0.4) is 0 Å². The highest BCUT2D eigenvalue weighted by molar-refractivity contribution is 5.91. The number of hydrogen-bond acceptors (Lipinski definition) is 2. The molecule has 2 nitrogen and oxygen atoms in total. The first-order valence-corrected chi connectivity index (χ1v) is 10.7. The minimum atomic E-state index is -0.109. The first-order valence-electron chi connectivity index (χ1n) is 10.7. The third-order valence-corrected chi connectivity index (χ3v) is 8.86. The van der Waals surface area contributed by atoms with Gasteiger partial charge in [0.15, 0.2) is 5.78 Å². The van der Waals surface area contributed by atoms with Crippen LogP contribution >= 0.6 is 0 Å². The maximum Gasteiger partial charge on any atom is 0.155 e. The fourth-order valence-electron chi connectivity index (χ4n) is 7.85. The van der Waals surface area contributed by atoms with Gasteiger partial charge in [-0.1, -0.05) is 31.2 Å². The molecule has 4 fully saturated rings. The molecule has 0 bridgehead atoms. The SMILES string of the molecule is C=C1C[C@@]2(C)[C@@H](CC[C@@]23OCCCC3=C)[C@@H]2CCC3=CC(=O)CC[C@@H]3[C@@H]12. The van der Waals surface area contributed by atoms with Crippen molar-refractivity contribution in [2.45, 2.75) is 70.3 Å². The first-order chi connectivity index (χ1) is 12.5. The Labute approximate surface area is 157 Å². The molecule has 1 aliphatic heterocycles. The molecule has 0 aromatic carbocycles. The monoisotopic (exact) mass is 352 g/mol. The van der Waals surface area contributed by atoms with Crippen molar-refractivity contribution in [1.82, 2.24) is 0 Å². The number of allylic oxidation sites excluding steroid dienone is 2. The maximum atomic E-state index is 11.9. The molecule has 0 aromatic rings. The van der Waals surface area contributed by atoms with Crippen molar-refractivity contribution in [1.29, 1.82) is 0 Å². The molecule has 3 saturated carbocycles. The van der Waals surface area contributed by atoms with E-state index in [1.54, 1.807) is 0 Å². The summed E-state index contributed by atoms with van der Waals surface area (Å²) in [6.45, 7) is 12.5. The topological polar surface area (TPSA) is 26.3 Å². The Morgan fingerprint density at radius 2 is 2.00 bits per heavy atom. The van der Waals surface area contributed by atoms with Crippen LogP contribution in [0.4, 0.5) is 0 Å². The first kappa shape index (κ1) is 17.0. The minimum Gasteiger partial charge on any atom is -0.370 e. The molecular formula is C24H32O2. The second-order valence-corrected chi connectivity index (χ2v) is 9.84. The lowest BCUT2D eigenvalue weighted by Crippen LogP contribution is -2.56. The summed E-state index contributed by atoms with van der Waals surface area (Å²) in [5, 5.41) is 0. The molecule has 26 heavy (non-hydrogen) atoms. The molecule has 140 valence electrons. The van der Waals surface area contributed by atoms with Gasteiger partial charge < -0.3 is 4.74 Å². The van der Waals surface area contributed by atoms with Gasteiger partial charge in [0.1, 0.15) is 0 Å². The lowest BCUT2D eigenvalue weighted by atomic mass is 9.48. The molecule has 1 spiro atoms. The number of fused-ring (bicyclic) bond motifs is 6. The van der Waals surface area contributed by atoms with E-state index in [0.717, 1.165) is 51.6 Å². The number of carbonyl (C=O) groups excluding carboxylic acids is 1. The van der Waals surface area contributed by atoms with Crippen LogP contribution in [0.5, 0.6) is 0 Å². The highest BCUT2D eigenvalue weighted by Crippen LogP contribution is 2.68. The van der Waals surface area contributed by atoms with Crippen LogP contribution in [0.25, 0.3) is 0 Å². The Morgan fingerprint density at radius 1 is 1.15 bits per heavy atom. The molecule has 4 aliphatic carbocycles. The highest BCUT2D eigenvalue weighted by Gasteiger charge is 2.65. The van der Waals surface area contributed by atoms with E-state index in [1.165, 1.54) is 29.6 Å². The molecule has 0 N–H and O–H groups in total. The van der Waals surface area contributed by atoms with Crippen LogP contribution in [0.2, 0.25) is 0 Å². The number of hydrogen-bond donors (Lipinski definition) is 0. The number of ether oxygens (including phenoxy) is 1. The fraction of sp³-hybridized carbons (Fsp3) is 0.708. The lowest BCUT2D eigenvalue weighted by molar-refractivity contribution is -0.133. The summed E-state index contributed by atoms with van der Waals surface area (Å²) in [6, 6.07) is 0. The number of rotatable bonds is 0. The molecule has 2 heteroatoms. The summed E-state index contributed by atoms with van der Waals surface area (Å²) in [5.74, 6) is 2.94. The van der Waals surface area contributed by atoms with Crippen LogP contribution < -0.4 is 0 Å². The van der Waals surface area contributed by atoms with Crippen molar-refractivity contribution in [3.8, 4) is 0 Å². The number of carbonyl (C=O) groups is 1. The van der Waals surface area contributed by atoms with E-state index in [0.29, 0.717) is 29.5 Å². The smallest absolute Gasteiger partial charge is 0.155 e. The van der Waals surface area contributed by atoms with Crippen molar-refractivity contribution in [2.75, 3.05) is 6.61 Å². The fourth-order valence-corrected chi connectivity index (χ4v) is 7.85. The van der Waals surface area contributed by atoms with Gasteiger partial charge in [-0.15, -0.1) is 0 Å². The van der Waals surface area contributed by atoms with Crippen molar-refractivity contribution >= 4 is 5.78 Å². The van der Waals surface area contributed by atoms with E-state index in [4.69, 9.17) is 4.74 Å². The quantitative estimate of drug-likeness (QED) is 0.546. The maximum absolute atomic E-state index is 11.9. The van der Waals surface area contributed by atoms with E-state index in [-0.39, 0.29) is 11.0 Å². The molecule has 0 radical (unpaired) electrons. The Bertz CT molecular complexity index is 716. The summed E-state index contributed by atoms with van der Waals surface area (Å²) in [5.41, 5.74) is 4.26. The molecule has 5 rings (SSSR count). The zero-order chi connectivity index (χ0) is 18.1. The van der Waals surface area contributed by atoms with E-state index in [1.807, 2.05) is 6.08 Å². The molecular weight excluding hydrogens is 320 g/mol. The Hall–Kier alpha value is -1.15. The Kier molecular flexibility index (Phi) is 3.71. The Balaban J connectivity index is 1.52. The lowest BCUT2D eigenvalue weighted by Gasteiger charge is -2.58. The van der Waals surface area contributed by atoms with Gasteiger partial charge in [-0.2, -0.15) is 0 Å². The van der Waals surface area contributed by atoms with Gasteiger partial charge in [-0.3, -0.25) is 4.79 Å². The number of ketones is 1. The summed E-state index contributed by atoms with van der Waals surface area (Å²) in [7, 11) is 0. The van der Waals surface area contributed by atoms with Gasteiger partial charge in [0.2, 0.25) is 0 Å². The largest absolute Gasteiger partial charge is 0.370 e. The van der Waals surface area contributed by atoms with Crippen molar-refractivity contribution in [2.24, 2.45) is 29.1 Å². The zero-order valence-corrected chi connectivity index (χ0v) is 16.2. The van der Waals surface area contributed by atoms with Gasteiger partial charge in [-0.25, -0.2) is 0 Å². The van der Waals surface area contributed by atoms with Gasteiger partial charge in [0, 0.05) is 18.4 Å². The zero-order valence-electron chi connectivity index (χ0n) is 16.2. The predicted octanol–water partition coefficient (Wildman–Crippen LogP) is 5.40. The molecule has 0 aromatic heterocycles. The molecule has 1 heterocycles. The molecule has 6 atom stereocenters. The average Bonchev–Trinajstić information content (AvgIpc) is 2.90. The van der Waals surface area contributed by atoms with Gasteiger partial charge in [0.05, 0.1) is 5.60 Å². The second kappa shape index (κ2) is 5.67. The van der Waals surface area contributed by atoms with Gasteiger partial charge >= 0.3 is 0 Å². The molecule has 5 aliphatic rings. The third kappa shape index (κ3) is 2.06. The summed E-state index contributed by atoms with van der Waals surface area (Å²) >= 11 is 0. The highest BCUT2D eigenvalue weighted by atomic mass is 16.5. The second-order valence-electron chi connectivity index (χ2n) is 9.84. The van der Waals surface area contributed by atoms with E-state index >= 15 is 0 Å². The molecule has 0 amide bonds. The van der Waals surface area contributed by atoms with Crippen LogP contribution in [0, 0.1) is 29.1 Å². The average molecular weight is 353 g/mol. The van der Waals surface area contributed by atoms with E-state index < -0.39 is 0 Å². The van der Waals surface area contributed by atoms with Crippen LogP contribution in [-0.4, -0.2) is 18.0 Å². The van der Waals surface area contributed by atoms with Crippen LogP contribution in [0.15, 0.2) is 36.0 Å². The van der Waals surface area contributed by atoms with Gasteiger partial charge in [-0.05, 0) is 86.7 Å².